The van der Waals surface area contributed by atoms with E-state index < -0.39 is 0 Å². The Morgan fingerprint density at radius 1 is 1.36 bits per heavy atom. The largest absolute Gasteiger partial charge is 0.457 e. The second-order valence-corrected chi connectivity index (χ2v) is 7.34. The molecule has 2 N–H and O–H groups in total. The van der Waals surface area contributed by atoms with E-state index in [-0.39, 0.29) is 12.6 Å². The van der Waals surface area contributed by atoms with E-state index in [9.17, 15) is 4.79 Å². The summed E-state index contributed by atoms with van der Waals surface area (Å²) in [6.07, 6.45) is 0.924. The van der Waals surface area contributed by atoms with E-state index >= 15 is 0 Å². The summed E-state index contributed by atoms with van der Waals surface area (Å²) in [5, 5.41) is 0.853. The summed E-state index contributed by atoms with van der Waals surface area (Å²) in [7, 11) is 2.09. The molecule has 0 bridgehead atoms. The van der Waals surface area contributed by atoms with Crippen molar-refractivity contribution in [2.75, 3.05) is 19.3 Å². The van der Waals surface area contributed by atoms with Crippen molar-refractivity contribution < 1.29 is 9.53 Å². The number of aromatic nitrogens is 1. The first kappa shape index (κ1) is 16.1. The molecule has 3 aromatic rings. The molecule has 0 saturated heterocycles. The van der Waals surface area contributed by atoms with Crippen molar-refractivity contribution in [2.24, 2.45) is 0 Å². The van der Waals surface area contributed by atoms with Crippen molar-refractivity contribution in [2.45, 2.75) is 19.6 Å². The number of rotatable bonds is 3. The van der Waals surface area contributed by atoms with Crippen LogP contribution in [0.2, 0.25) is 0 Å². The van der Waals surface area contributed by atoms with E-state index in [1.54, 1.807) is 0 Å². The molecular formula is C19H19N3O2S. The number of pyridine rings is 1. The second kappa shape index (κ2) is 6.46. The number of nitrogens with zero attached hydrogens (tertiary/aromatic N) is 2. The molecule has 0 amide bonds. The molecule has 4 rings (SSSR count). The fourth-order valence-corrected chi connectivity index (χ4v) is 4.07. The van der Waals surface area contributed by atoms with Gasteiger partial charge in [-0.2, -0.15) is 0 Å². The van der Waals surface area contributed by atoms with Crippen molar-refractivity contribution in [3.05, 3.63) is 58.1 Å². The van der Waals surface area contributed by atoms with Crippen molar-refractivity contribution in [1.82, 2.24) is 9.88 Å². The number of likely N-dealkylation sites (N-methyl/N-ethyl adjacent to an activating group) is 1. The fraction of sp³-hybridized carbons (Fsp3) is 0.263. The van der Waals surface area contributed by atoms with Crippen LogP contribution in [0.4, 0.5) is 5.69 Å². The highest BCUT2D eigenvalue weighted by Crippen LogP contribution is 2.35. The molecule has 128 valence electrons. The summed E-state index contributed by atoms with van der Waals surface area (Å²) in [4.78, 5) is 20.7. The smallest absolute Gasteiger partial charge is 0.350 e. The Morgan fingerprint density at radius 3 is 2.96 bits per heavy atom. The van der Waals surface area contributed by atoms with Crippen LogP contribution < -0.4 is 5.73 Å². The van der Waals surface area contributed by atoms with Crippen LogP contribution in [0.1, 0.15) is 26.5 Å². The predicted molar refractivity (Wildman–Crippen MR) is 99.6 cm³/mol. The summed E-state index contributed by atoms with van der Waals surface area (Å²) in [5.41, 5.74) is 9.95. The van der Waals surface area contributed by atoms with Gasteiger partial charge in [-0.25, -0.2) is 9.78 Å². The van der Waals surface area contributed by atoms with Crippen LogP contribution in [0, 0.1) is 0 Å². The van der Waals surface area contributed by atoms with Gasteiger partial charge >= 0.3 is 5.97 Å². The zero-order chi connectivity index (χ0) is 17.4. The molecule has 0 fully saturated rings. The Bertz CT molecular complexity index is 937. The van der Waals surface area contributed by atoms with Crippen LogP contribution >= 0.6 is 11.3 Å². The maximum absolute atomic E-state index is 12.5. The van der Waals surface area contributed by atoms with Crippen LogP contribution in [-0.2, 0) is 24.3 Å². The van der Waals surface area contributed by atoms with E-state index in [0.717, 1.165) is 41.0 Å². The number of nitrogens with two attached hydrogens (primary N) is 1. The van der Waals surface area contributed by atoms with Crippen molar-refractivity contribution >= 4 is 33.2 Å². The zero-order valence-electron chi connectivity index (χ0n) is 14.0. The number of benzene rings is 1. The van der Waals surface area contributed by atoms with E-state index in [0.29, 0.717) is 10.6 Å². The van der Waals surface area contributed by atoms with Gasteiger partial charge in [-0.3, -0.25) is 0 Å². The average Bonchev–Trinajstić information content (AvgIpc) is 2.95. The van der Waals surface area contributed by atoms with Crippen molar-refractivity contribution in [3.63, 3.8) is 0 Å². The van der Waals surface area contributed by atoms with Crippen LogP contribution in [0.3, 0.4) is 0 Å². The summed E-state index contributed by atoms with van der Waals surface area (Å²) in [6.45, 7) is 2.10. The van der Waals surface area contributed by atoms with Crippen LogP contribution in [0.5, 0.6) is 0 Å². The Kier molecular flexibility index (Phi) is 4.15. The third-order valence-electron chi connectivity index (χ3n) is 4.46. The highest BCUT2D eigenvalue weighted by molar-refractivity contribution is 7.21. The maximum atomic E-state index is 12.5. The Morgan fingerprint density at radius 2 is 2.16 bits per heavy atom. The highest BCUT2D eigenvalue weighted by Gasteiger charge is 2.22. The average molecular weight is 353 g/mol. The molecule has 0 radical (unpaired) electrons. The second-order valence-electron chi connectivity index (χ2n) is 6.34. The SMILES string of the molecule is CN1CCc2nc3sc(C(=O)OCc4ccccc4)c(N)c3cc2C1. The number of hydrogen-bond acceptors (Lipinski definition) is 6. The molecule has 0 aliphatic carbocycles. The molecule has 5 nitrogen and oxygen atoms in total. The number of anilines is 1. The number of esters is 1. The minimum Gasteiger partial charge on any atom is -0.457 e. The standard InChI is InChI=1S/C19H19N3O2S/c1-22-8-7-15-13(10-22)9-14-16(20)17(25-18(14)21-15)19(23)24-11-12-5-3-2-4-6-12/h2-6,9H,7-8,10-11,20H2,1H3. The highest BCUT2D eigenvalue weighted by atomic mass is 32.1. The molecule has 1 aliphatic rings. The van der Waals surface area contributed by atoms with Crippen LogP contribution in [-0.4, -0.2) is 29.4 Å². The third-order valence-corrected chi connectivity index (χ3v) is 5.55. The number of ether oxygens (including phenoxy) is 1. The topological polar surface area (TPSA) is 68.5 Å². The lowest BCUT2D eigenvalue weighted by atomic mass is 10.0. The van der Waals surface area contributed by atoms with Crippen LogP contribution in [0.25, 0.3) is 10.2 Å². The monoisotopic (exact) mass is 353 g/mol. The van der Waals surface area contributed by atoms with Gasteiger partial charge in [0.2, 0.25) is 0 Å². The molecule has 0 unspecified atom stereocenters. The quantitative estimate of drug-likeness (QED) is 0.732. The molecule has 2 aromatic heterocycles. The number of nitrogen functional groups attached to an aromatic ring is 1. The lowest BCUT2D eigenvalue weighted by Gasteiger charge is -2.24. The molecule has 1 aromatic carbocycles. The zero-order valence-corrected chi connectivity index (χ0v) is 14.8. The molecule has 1 aliphatic heterocycles. The number of hydrogen-bond donors (Lipinski definition) is 1. The van der Waals surface area contributed by atoms with Gasteiger partial charge in [0, 0.05) is 30.6 Å². The molecule has 0 atom stereocenters. The summed E-state index contributed by atoms with van der Waals surface area (Å²) in [5.74, 6) is -0.389. The van der Waals surface area contributed by atoms with Gasteiger partial charge < -0.3 is 15.4 Å². The molecule has 25 heavy (non-hydrogen) atoms. The number of thiophene rings is 1. The Labute approximate surface area is 150 Å². The lowest BCUT2D eigenvalue weighted by Crippen LogP contribution is -2.27. The summed E-state index contributed by atoms with van der Waals surface area (Å²) in [6, 6.07) is 11.7. The van der Waals surface area contributed by atoms with E-state index in [4.69, 9.17) is 15.5 Å². The molecule has 6 heteroatoms. The Balaban J connectivity index is 1.61. The van der Waals surface area contributed by atoms with E-state index in [2.05, 4.69) is 18.0 Å². The molecular weight excluding hydrogens is 334 g/mol. The van der Waals surface area contributed by atoms with Gasteiger partial charge in [0.05, 0.1) is 5.69 Å². The molecule has 3 heterocycles. The van der Waals surface area contributed by atoms with Gasteiger partial charge in [-0.1, -0.05) is 30.3 Å². The first-order chi connectivity index (χ1) is 12.1. The van der Waals surface area contributed by atoms with Gasteiger partial charge in [0.25, 0.3) is 0 Å². The maximum Gasteiger partial charge on any atom is 0.350 e. The number of carbonyl (C=O) groups excluding carboxylic acids is 1. The van der Waals surface area contributed by atoms with Gasteiger partial charge in [0.1, 0.15) is 16.3 Å². The van der Waals surface area contributed by atoms with Gasteiger partial charge in [-0.15, -0.1) is 11.3 Å². The first-order valence-electron chi connectivity index (χ1n) is 8.22. The minimum atomic E-state index is -0.389. The third kappa shape index (κ3) is 3.10. The van der Waals surface area contributed by atoms with E-state index in [1.807, 2.05) is 30.3 Å². The number of carbonyl (C=O) groups is 1. The number of fused-ring (bicyclic) bond motifs is 2. The normalized spacial score (nSPS) is 14.4. The predicted octanol–water partition coefficient (Wildman–Crippen LogP) is 3.22. The van der Waals surface area contributed by atoms with Gasteiger partial charge in [-0.05, 0) is 24.2 Å². The first-order valence-corrected chi connectivity index (χ1v) is 9.04. The molecule has 0 spiro atoms. The van der Waals surface area contributed by atoms with Gasteiger partial charge in [0.15, 0.2) is 0 Å². The Hall–Kier alpha value is -2.44. The van der Waals surface area contributed by atoms with E-state index in [1.165, 1.54) is 16.9 Å². The minimum absolute atomic E-state index is 0.238. The molecule has 0 saturated carbocycles. The summed E-state index contributed by atoms with van der Waals surface area (Å²) < 4.78 is 5.42. The van der Waals surface area contributed by atoms with Crippen LogP contribution in [0.15, 0.2) is 36.4 Å². The summed E-state index contributed by atoms with van der Waals surface area (Å²) >= 11 is 1.32. The van der Waals surface area contributed by atoms with Crippen molar-refractivity contribution in [3.8, 4) is 0 Å². The van der Waals surface area contributed by atoms with Crippen molar-refractivity contribution in [1.29, 1.82) is 0 Å². The lowest BCUT2D eigenvalue weighted by molar-refractivity contribution is 0.0480. The fourth-order valence-electron chi connectivity index (χ4n) is 3.08.